The van der Waals surface area contributed by atoms with Crippen LogP contribution in [0.1, 0.15) is 53.4 Å². The summed E-state index contributed by atoms with van der Waals surface area (Å²) in [6, 6.07) is 1.22. The fourth-order valence-electron chi connectivity index (χ4n) is 2.37. The molecule has 1 aliphatic rings. The molecule has 1 atom stereocenters. The Morgan fingerprint density at radius 3 is 2.65 bits per heavy atom. The molecule has 0 spiro atoms. The Morgan fingerprint density at radius 2 is 2.06 bits per heavy atom. The lowest BCUT2D eigenvalue weighted by Gasteiger charge is -2.37. The minimum atomic E-state index is -0.534. The molecule has 0 aromatic rings. The van der Waals surface area contributed by atoms with Gasteiger partial charge in [0.05, 0.1) is 5.60 Å². The highest BCUT2D eigenvalue weighted by Crippen LogP contribution is 2.19. The summed E-state index contributed by atoms with van der Waals surface area (Å²) >= 11 is 0. The molecule has 1 aliphatic heterocycles. The lowest BCUT2D eigenvalue weighted by atomic mass is 9.99. The molecule has 0 aliphatic carbocycles. The summed E-state index contributed by atoms with van der Waals surface area (Å²) < 4.78 is 0. The summed E-state index contributed by atoms with van der Waals surface area (Å²) in [4.78, 5) is 2.55. The highest BCUT2D eigenvalue weighted by Gasteiger charge is 2.24. The molecule has 1 fully saturated rings. The first-order chi connectivity index (χ1) is 7.88. The van der Waals surface area contributed by atoms with Crippen LogP contribution in [0, 0.1) is 0 Å². The summed E-state index contributed by atoms with van der Waals surface area (Å²) in [5.74, 6) is 0. The van der Waals surface area contributed by atoms with Crippen LogP contribution in [0.4, 0.5) is 0 Å². The molecular formula is C14H30N2O. The zero-order valence-corrected chi connectivity index (χ0v) is 12.0. The topological polar surface area (TPSA) is 35.5 Å². The van der Waals surface area contributed by atoms with E-state index in [1.54, 1.807) is 0 Å². The van der Waals surface area contributed by atoms with Gasteiger partial charge in [-0.2, -0.15) is 0 Å². The molecule has 1 unspecified atom stereocenters. The molecule has 0 bridgehead atoms. The molecule has 0 saturated carbocycles. The Bertz CT molecular complexity index is 211. The highest BCUT2D eigenvalue weighted by molar-refractivity contribution is 4.81. The molecule has 0 radical (unpaired) electrons. The quantitative estimate of drug-likeness (QED) is 0.748. The maximum absolute atomic E-state index is 9.81. The van der Waals surface area contributed by atoms with Crippen molar-refractivity contribution in [2.45, 2.75) is 71.1 Å². The predicted molar refractivity (Wildman–Crippen MR) is 73.3 cm³/mol. The van der Waals surface area contributed by atoms with Crippen LogP contribution in [-0.2, 0) is 0 Å². The van der Waals surface area contributed by atoms with Crippen LogP contribution < -0.4 is 5.32 Å². The van der Waals surface area contributed by atoms with Crippen LogP contribution in [0.15, 0.2) is 0 Å². The number of nitrogens with zero attached hydrogens (tertiary/aromatic N) is 1. The van der Waals surface area contributed by atoms with E-state index in [4.69, 9.17) is 0 Å². The van der Waals surface area contributed by atoms with Gasteiger partial charge in [-0.1, -0.05) is 20.3 Å². The number of aliphatic hydroxyl groups is 1. The maximum Gasteiger partial charge on any atom is 0.0603 e. The summed E-state index contributed by atoms with van der Waals surface area (Å²) in [7, 11) is 0. The molecule has 3 heteroatoms. The summed E-state index contributed by atoms with van der Waals surface area (Å²) in [5.41, 5.74) is -0.534. The number of hydrogen-bond donors (Lipinski definition) is 2. The molecule has 0 aromatic heterocycles. The van der Waals surface area contributed by atoms with Crippen molar-refractivity contribution < 1.29 is 5.11 Å². The largest absolute Gasteiger partial charge is 0.390 e. The van der Waals surface area contributed by atoms with Gasteiger partial charge in [0, 0.05) is 25.2 Å². The van der Waals surface area contributed by atoms with E-state index in [1.807, 2.05) is 13.8 Å². The first-order valence-corrected chi connectivity index (χ1v) is 7.08. The molecule has 0 aromatic carbocycles. The van der Waals surface area contributed by atoms with Gasteiger partial charge >= 0.3 is 0 Å². The van der Waals surface area contributed by atoms with E-state index in [-0.39, 0.29) is 0 Å². The van der Waals surface area contributed by atoms with E-state index < -0.39 is 5.60 Å². The monoisotopic (exact) mass is 242 g/mol. The van der Waals surface area contributed by atoms with Crippen molar-refractivity contribution in [3.63, 3.8) is 0 Å². The van der Waals surface area contributed by atoms with Crippen molar-refractivity contribution in [3.8, 4) is 0 Å². The van der Waals surface area contributed by atoms with E-state index in [1.165, 1.54) is 25.8 Å². The highest BCUT2D eigenvalue weighted by atomic mass is 16.3. The Morgan fingerprint density at radius 1 is 1.35 bits per heavy atom. The van der Waals surface area contributed by atoms with Gasteiger partial charge in [-0.05, 0) is 39.7 Å². The smallest absolute Gasteiger partial charge is 0.0603 e. The third-order valence-corrected chi connectivity index (χ3v) is 3.52. The van der Waals surface area contributed by atoms with Crippen molar-refractivity contribution in [2.75, 3.05) is 19.6 Å². The molecular weight excluding hydrogens is 212 g/mol. The van der Waals surface area contributed by atoms with Crippen molar-refractivity contribution in [2.24, 2.45) is 0 Å². The number of piperidine rings is 1. The van der Waals surface area contributed by atoms with Gasteiger partial charge in [0.25, 0.3) is 0 Å². The Balaban J connectivity index is 2.37. The van der Waals surface area contributed by atoms with Crippen LogP contribution in [0.2, 0.25) is 0 Å². The fraction of sp³-hybridized carbons (Fsp3) is 1.00. The Labute approximate surface area is 107 Å². The second-order valence-electron chi connectivity index (χ2n) is 6.31. The molecule has 3 nitrogen and oxygen atoms in total. The molecule has 17 heavy (non-hydrogen) atoms. The van der Waals surface area contributed by atoms with Gasteiger partial charge < -0.3 is 10.4 Å². The van der Waals surface area contributed by atoms with Crippen LogP contribution in [0.3, 0.4) is 0 Å². The number of likely N-dealkylation sites (tertiary alicyclic amines) is 1. The lowest BCUT2D eigenvalue weighted by Crippen LogP contribution is -2.48. The van der Waals surface area contributed by atoms with E-state index in [0.29, 0.717) is 12.1 Å². The van der Waals surface area contributed by atoms with Crippen molar-refractivity contribution in [1.82, 2.24) is 10.2 Å². The number of hydrogen-bond acceptors (Lipinski definition) is 3. The summed E-state index contributed by atoms with van der Waals surface area (Å²) in [6.07, 6.45) is 4.82. The van der Waals surface area contributed by atoms with Crippen molar-refractivity contribution in [3.05, 3.63) is 0 Å². The summed E-state index contributed by atoms with van der Waals surface area (Å²) in [6.45, 7) is 11.5. The molecule has 1 saturated heterocycles. The predicted octanol–water partition coefficient (Wildman–Crippen LogP) is 2.00. The van der Waals surface area contributed by atoms with Gasteiger partial charge in [-0.3, -0.25) is 4.90 Å². The average molecular weight is 242 g/mol. The van der Waals surface area contributed by atoms with Gasteiger partial charge in [0.2, 0.25) is 0 Å². The standard InChI is InChI=1S/C14H30N2O/c1-12(2)15-11-13-7-5-6-9-16(13)10-8-14(3,4)17/h12-13,15,17H,5-11H2,1-4H3. The Hall–Kier alpha value is -0.120. The van der Waals surface area contributed by atoms with Gasteiger partial charge in [0.1, 0.15) is 0 Å². The van der Waals surface area contributed by atoms with E-state index in [0.717, 1.165) is 19.5 Å². The number of rotatable bonds is 6. The minimum Gasteiger partial charge on any atom is -0.390 e. The zero-order chi connectivity index (χ0) is 12.9. The third-order valence-electron chi connectivity index (χ3n) is 3.52. The molecule has 1 heterocycles. The normalized spacial score (nSPS) is 23.3. The second-order valence-corrected chi connectivity index (χ2v) is 6.31. The van der Waals surface area contributed by atoms with Gasteiger partial charge in [-0.15, -0.1) is 0 Å². The number of nitrogens with one attached hydrogen (secondary N) is 1. The average Bonchev–Trinajstić information content (AvgIpc) is 2.23. The molecule has 0 amide bonds. The zero-order valence-electron chi connectivity index (χ0n) is 12.0. The first kappa shape index (κ1) is 14.9. The molecule has 102 valence electrons. The minimum absolute atomic E-state index is 0.534. The van der Waals surface area contributed by atoms with Crippen LogP contribution in [0.25, 0.3) is 0 Å². The van der Waals surface area contributed by atoms with Crippen molar-refractivity contribution in [1.29, 1.82) is 0 Å². The third kappa shape index (κ3) is 6.39. The van der Waals surface area contributed by atoms with E-state index >= 15 is 0 Å². The second kappa shape index (κ2) is 6.72. The first-order valence-electron chi connectivity index (χ1n) is 7.08. The van der Waals surface area contributed by atoms with Crippen LogP contribution in [-0.4, -0.2) is 47.3 Å². The molecule has 1 rings (SSSR count). The van der Waals surface area contributed by atoms with Gasteiger partial charge in [-0.25, -0.2) is 0 Å². The van der Waals surface area contributed by atoms with Crippen LogP contribution in [0.5, 0.6) is 0 Å². The maximum atomic E-state index is 9.81. The van der Waals surface area contributed by atoms with Crippen LogP contribution >= 0.6 is 0 Å². The summed E-state index contributed by atoms with van der Waals surface area (Å²) in [5, 5.41) is 13.3. The Kier molecular flexibility index (Phi) is 5.90. The van der Waals surface area contributed by atoms with Crippen molar-refractivity contribution >= 4 is 0 Å². The fourth-order valence-corrected chi connectivity index (χ4v) is 2.37. The van der Waals surface area contributed by atoms with Gasteiger partial charge in [0.15, 0.2) is 0 Å². The van der Waals surface area contributed by atoms with E-state index in [9.17, 15) is 5.11 Å². The molecule has 2 N–H and O–H groups in total. The van der Waals surface area contributed by atoms with E-state index in [2.05, 4.69) is 24.1 Å². The lowest BCUT2D eigenvalue weighted by molar-refractivity contribution is 0.0439. The SMILES string of the molecule is CC(C)NCC1CCCCN1CCC(C)(C)O.